The Morgan fingerprint density at radius 3 is 2.48 bits per heavy atom. The molecule has 1 aromatic heterocycles. The maximum atomic E-state index is 10.8. The normalized spacial score (nSPS) is 10.4. The fraction of sp³-hybridized carbons (Fsp3) is 0.158. The topological polar surface area (TPSA) is 66.5 Å². The number of anilines is 3. The summed E-state index contributed by atoms with van der Waals surface area (Å²) < 4.78 is 6.21. The number of nitrogens with zero attached hydrogens (tertiary/aromatic N) is 2. The predicted molar refractivity (Wildman–Crippen MR) is 102 cm³/mol. The highest BCUT2D eigenvalue weighted by molar-refractivity contribution is 5.98. The third-order valence-electron chi connectivity index (χ3n) is 3.90. The van der Waals surface area contributed by atoms with Crippen molar-refractivity contribution in [3.05, 3.63) is 48.7 Å². The lowest BCUT2D eigenvalue weighted by molar-refractivity contribution is -0.105. The van der Waals surface area contributed by atoms with Gasteiger partial charge < -0.3 is 20.3 Å². The molecule has 0 aliphatic heterocycles. The van der Waals surface area contributed by atoms with Crippen LogP contribution in [0.5, 0.6) is 11.5 Å². The van der Waals surface area contributed by atoms with Crippen LogP contribution in [0.4, 0.5) is 17.2 Å². The molecule has 0 atom stereocenters. The van der Waals surface area contributed by atoms with Crippen molar-refractivity contribution in [2.24, 2.45) is 0 Å². The van der Waals surface area contributed by atoms with Gasteiger partial charge in [0.2, 0.25) is 6.41 Å². The maximum absolute atomic E-state index is 10.8. The molecular weight excluding hydrogens is 316 g/mol. The minimum absolute atomic E-state index is 0.452. The summed E-state index contributed by atoms with van der Waals surface area (Å²) in [6, 6.07) is 13.7. The molecule has 1 amide bonds. The number of carbonyl (C=O) groups is 1. The zero-order valence-corrected chi connectivity index (χ0v) is 14.4. The van der Waals surface area contributed by atoms with E-state index in [0.29, 0.717) is 23.7 Å². The van der Waals surface area contributed by atoms with Crippen molar-refractivity contribution in [3.63, 3.8) is 0 Å². The lowest BCUT2D eigenvalue weighted by atomic mass is 10.1. The largest absolute Gasteiger partial charge is 0.454 e. The molecule has 6 heteroatoms. The van der Waals surface area contributed by atoms with Crippen LogP contribution in [0.3, 0.4) is 0 Å². The minimum atomic E-state index is 0.452. The van der Waals surface area contributed by atoms with Gasteiger partial charge in [0.05, 0.1) is 0 Å². The Labute approximate surface area is 146 Å². The second kappa shape index (κ2) is 7.09. The Morgan fingerprint density at radius 1 is 1.04 bits per heavy atom. The maximum Gasteiger partial charge on any atom is 0.212 e. The molecule has 128 valence electrons. The zero-order valence-electron chi connectivity index (χ0n) is 14.4. The number of carbonyl (C=O) groups excluding carboxylic acids is 1. The highest BCUT2D eigenvalue weighted by atomic mass is 16.5. The fourth-order valence-electron chi connectivity index (χ4n) is 2.81. The van der Waals surface area contributed by atoms with Gasteiger partial charge in [-0.15, -0.1) is 0 Å². The number of pyridine rings is 1. The number of aromatic nitrogens is 1. The van der Waals surface area contributed by atoms with Crippen LogP contribution in [0.1, 0.15) is 0 Å². The van der Waals surface area contributed by atoms with E-state index in [1.807, 2.05) is 62.4 Å². The lowest BCUT2D eigenvalue weighted by Gasteiger charge is -2.20. The van der Waals surface area contributed by atoms with E-state index < -0.39 is 0 Å². The average molecular weight is 336 g/mol. The molecule has 0 bridgehead atoms. The number of fused-ring (bicyclic) bond motifs is 1. The van der Waals surface area contributed by atoms with Gasteiger partial charge in [-0.25, -0.2) is 4.98 Å². The molecule has 25 heavy (non-hydrogen) atoms. The Balaban J connectivity index is 2.11. The first-order valence-corrected chi connectivity index (χ1v) is 7.89. The van der Waals surface area contributed by atoms with Gasteiger partial charge in [-0.3, -0.25) is 4.79 Å². The minimum Gasteiger partial charge on any atom is -0.454 e. The molecule has 1 heterocycles. The quantitative estimate of drug-likeness (QED) is 0.672. The fourth-order valence-corrected chi connectivity index (χ4v) is 2.81. The number of ether oxygens (including phenoxy) is 1. The van der Waals surface area contributed by atoms with Crippen LogP contribution in [0.15, 0.2) is 48.7 Å². The van der Waals surface area contributed by atoms with Crippen molar-refractivity contribution in [1.29, 1.82) is 0 Å². The predicted octanol–water partition coefficient (Wildman–Crippen LogP) is 3.70. The number of rotatable bonds is 6. The molecule has 6 nitrogen and oxygen atoms in total. The Bertz CT molecular complexity index is 909. The molecular formula is C19H20N4O2. The van der Waals surface area contributed by atoms with Gasteiger partial charge in [-0.05, 0) is 12.1 Å². The van der Waals surface area contributed by atoms with E-state index in [9.17, 15) is 4.79 Å². The van der Waals surface area contributed by atoms with E-state index in [1.165, 1.54) is 0 Å². The van der Waals surface area contributed by atoms with Crippen molar-refractivity contribution >= 4 is 34.4 Å². The van der Waals surface area contributed by atoms with Gasteiger partial charge in [-0.1, -0.05) is 24.3 Å². The third kappa shape index (κ3) is 3.19. The van der Waals surface area contributed by atoms with Gasteiger partial charge in [0.1, 0.15) is 11.4 Å². The van der Waals surface area contributed by atoms with E-state index >= 15 is 0 Å². The lowest BCUT2D eigenvalue weighted by Crippen LogP contribution is -2.14. The highest BCUT2D eigenvalue weighted by Gasteiger charge is 2.15. The van der Waals surface area contributed by atoms with Crippen molar-refractivity contribution in [1.82, 2.24) is 4.98 Å². The van der Waals surface area contributed by atoms with Crippen molar-refractivity contribution in [2.75, 3.05) is 36.7 Å². The summed E-state index contributed by atoms with van der Waals surface area (Å²) in [5, 5.41) is 7.89. The van der Waals surface area contributed by atoms with Crippen molar-refractivity contribution in [3.8, 4) is 11.5 Å². The molecule has 3 rings (SSSR count). The second-order valence-electron chi connectivity index (χ2n) is 5.67. The molecule has 0 radical (unpaired) electrons. The summed E-state index contributed by atoms with van der Waals surface area (Å²) in [4.78, 5) is 16.9. The number of benzene rings is 2. The molecule has 0 spiro atoms. The molecule has 0 unspecified atom stereocenters. The Kier molecular flexibility index (Phi) is 4.70. The summed E-state index contributed by atoms with van der Waals surface area (Å²) >= 11 is 0. The van der Waals surface area contributed by atoms with Crippen LogP contribution < -0.4 is 20.3 Å². The molecule has 0 saturated carbocycles. The van der Waals surface area contributed by atoms with Crippen LogP contribution in [0, 0.1) is 0 Å². The number of hydrogen-bond acceptors (Lipinski definition) is 5. The molecule has 2 N–H and O–H groups in total. The molecule has 0 fully saturated rings. The molecule has 0 aliphatic carbocycles. The average Bonchev–Trinajstić information content (AvgIpc) is 2.62. The van der Waals surface area contributed by atoms with E-state index in [1.54, 1.807) is 12.3 Å². The van der Waals surface area contributed by atoms with Crippen molar-refractivity contribution < 1.29 is 9.53 Å². The number of nitrogens with one attached hydrogen (secondary N) is 2. The first kappa shape index (κ1) is 16.6. The van der Waals surface area contributed by atoms with Gasteiger partial charge in [0.15, 0.2) is 11.6 Å². The van der Waals surface area contributed by atoms with Crippen LogP contribution in [-0.2, 0) is 4.79 Å². The SMILES string of the molecule is CNc1ccc(Oc2ccnc(NC=O)c2N(C)C)c2ccccc12. The van der Waals surface area contributed by atoms with E-state index in [2.05, 4.69) is 15.6 Å². The van der Waals surface area contributed by atoms with Gasteiger partial charge in [-0.2, -0.15) is 0 Å². The number of hydrogen-bond donors (Lipinski definition) is 2. The number of amides is 1. The Morgan fingerprint density at radius 2 is 1.80 bits per heavy atom. The summed E-state index contributed by atoms with van der Waals surface area (Å²) in [6.45, 7) is 0. The first-order valence-electron chi connectivity index (χ1n) is 7.89. The Hall–Kier alpha value is -3.28. The van der Waals surface area contributed by atoms with Gasteiger partial charge in [0.25, 0.3) is 0 Å². The van der Waals surface area contributed by atoms with Crippen LogP contribution in [0.2, 0.25) is 0 Å². The first-order chi connectivity index (χ1) is 12.2. The van der Waals surface area contributed by atoms with Crippen LogP contribution in [0.25, 0.3) is 10.8 Å². The van der Waals surface area contributed by atoms with E-state index in [-0.39, 0.29) is 0 Å². The van der Waals surface area contributed by atoms with Crippen LogP contribution in [-0.4, -0.2) is 32.5 Å². The molecule has 3 aromatic rings. The molecule has 0 saturated heterocycles. The standard InChI is InChI=1S/C19H20N4O2/c1-20-15-8-9-16(14-7-5-4-6-13(14)15)25-17-10-11-21-19(22-12-24)18(17)23(2)3/h4-12,20H,1-3H3,(H,21,22,24). The van der Waals surface area contributed by atoms with Gasteiger partial charge in [0, 0.05) is 49.9 Å². The summed E-state index contributed by atoms with van der Waals surface area (Å²) in [7, 11) is 5.65. The summed E-state index contributed by atoms with van der Waals surface area (Å²) in [5.41, 5.74) is 1.74. The zero-order chi connectivity index (χ0) is 17.8. The van der Waals surface area contributed by atoms with Crippen molar-refractivity contribution in [2.45, 2.75) is 0 Å². The van der Waals surface area contributed by atoms with Crippen LogP contribution >= 0.6 is 0 Å². The second-order valence-corrected chi connectivity index (χ2v) is 5.67. The smallest absolute Gasteiger partial charge is 0.212 e. The van der Waals surface area contributed by atoms with Gasteiger partial charge >= 0.3 is 0 Å². The van der Waals surface area contributed by atoms with E-state index in [0.717, 1.165) is 22.2 Å². The third-order valence-corrected chi connectivity index (χ3v) is 3.90. The monoisotopic (exact) mass is 336 g/mol. The molecule has 0 aliphatic rings. The highest BCUT2D eigenvalue weighted by Crippen LogP contribution is 2.39. The summed E-state index contributed by atoms with van der Waals surface area (Å²) in [5.74, 6) is 1.81. The van der Waals surface area contributed by atoms with E-state index in [4.69, 9.17) is 4.74 Å². The summed E-state index contributed by atoms with van der Waals surface area (Å²) in [6.07, 6.45) is 2.22. The molecule has 2 aromatic carbocycles.